The van der Waals surface area contributed by atoms with Crippen molar-refractivity contribution >= 4 is 11.9 Å². The molecule has 0 fully saturated rings. The first kappa shape index (κ1) is 18.6. The second-order valence-electron chi connectivity index (χ2n) is 3.42. The van der Waals surface area contributed by atoms with Crippen molar-refractivity contribution in [3.05, 3.63) is 0 Å². The third-order valence-corrected chi connectivity index (χ3v) is 0.778. The molecule has 0 saturated heterocycles. The predicted octanol–water partition coefficient (Wildman–Crippen LogP) is -3.35. The van der Waals surface area contributed by atoms with Gasteiger partial charge in [0.05, 0.1) is 33.7 Å². The summed E-state index contributed by atoms with van der Waals surface area (Å²) >= 11 is 0. The van der Waals surface area contributed by atoms with Crippen LogP contribution in [-0.2, 0) is 9.59 Å². The van der Waals surface area contributed by atoms with E-state index in [-0.39, 0.29) is 18.6 Å². The third-order valence-electron chi connectivity index (χ3n) is 0.778. The topological polar surface area (TPSA) is 135 Å². The Morgan fingerprint density at radius 2 is 1.64 bits per heavy atom. The molecule has 0 bridgehead atoms. The van der Waals surface area contributed by atoms with Gasteiger partial charge in [-0.15, -0.1) is 0 Å². The Kier molecular flexibility index (Phi) is 11.2. The van der Waals surface area contributed by atoms with E-state index in [0.717, 1.165) is 0 Å². The highest BCUT2D eigenvalue weighted by atomic mass is 16.4. The van der Waals surface area contributed by atoms with Crippen molar-refractivity contribution in [3.8, 4) is 0 Å². The van der Waals surface area contributed by atoms with Gasteiger partial charge in [-0.05, 0) is 0 Å². The predicted molar refractivity (Wildman–Crippen MR) is 48.2 cm³/mol. The van der Waals surface area contributed by atoms with Crippen LogP contribution in [0.4, 0.5) is 0 Å². The van der Waals surface area contributed by atoms with E-state index in [9.17, 15) is 14.7 Å². The van der Waals surface area contributed by atoms with E-state index >= 15 is 0 Å². The second kappa shape index (κ2) is 8.42. The molecule has 0 radical (unpaired) electrons. The highest BCUT2D eigenvalue weighted by Gasteiger charge is 2.04. The van der Waals surface area contributed by atoms with Gasteiger partial charge < -0.3 is 30.7 Å². The van der Waals surface area contributed by atoms with E-state index in [2.05, 4.69) is 5.73 Å². The number of carbonyl (C=O) groups is 2. The van der Waals surface area contributed by atoms with Crippen molar-refractivity contribution in [2.24, 2.45) is 5.73 Å². The van der Waals surface area contributed by atoms with Crippen LogP contribution in [0.15, 0.2) is 0 Å². The third kappa shape index (κ3) is 30.8. The van der Waals surface area contributed by atoms with Crippen molar-refractivity contribution in [1.82, 2.24) is 0 Å². The standard InChI is InChI=1S/C5H11NO2.C2H5NO2.H2O/c1-6(2,3)4-5(7)8;3-1-2(4)5;/h4H2,1-3H3;1,3H2,(H,4,5);1H2. The summed E-state index contributed by atoms with van der Waals surface area (Å²) in [6.45, 7) is -0.208. The molecule has 0 saturated carbocycles. The van der Waals surface area contributed by atoms with Crippen LogP contribution in [0.5, 0.6) is 0 Å². The fourth-order valence-electron chi connectivity index (χ4n) is 0.387. The van der Waals surface area contributed by atoms with Crippen LogP contribution in [0.2, 0.25) is 0 Å². The molecular weight excluding hydrogens is 192 g/mol. The Bertz CT molecular complexity index is 175. The van der Waals surface area contributed by atoms with Crippen molar-refractivity contribution in [1.29, 1.82) is 0 Å². The number of nitrogens with two attached hydrogens (primary N) is 1. The molecule has 0 aliphatic carbocycles. The van der Waals surface area contributed by atoms with E-state index in [1.54, 1.807) is 21.1 Å². The number of likely N-dealkylation sites (N-methyl/N-ethyl adjacent to an activating group) is 1. The summed E-state index contributed by atoms with van der Waals surface area (Å²) < 4.78 is 0.419. The number of nitrogens with zero attached hydrogens (tertiary/aromatic N) is 1. The van der Waals surface area contributed by atoms with Gasteiger partial charge in [-0.1, -0.05) is 0 Å². The molecule has 0 amide bonds. The van der Waals surface area contributed by atoms with Gasteiger partial charge in [0.15, 0.2) is 0 Å². The number of rotatable bonds is 3. The molecule has 86 valence electrons. The lowest BCUT2D eigenvalue weighted by molar-refractivity contribution is -0.864. The van der Waals surface area contributed by atoms with Crippen LogP contribution in [0.25, 0.3) is 0 Å². The number of aliphatic carboxylic acids is 2. The molecule has 0 aliphatic rings. The number of carboxylic acid groups (broad SMARTS) is 2. The van der Waals surface area contributed by atoms with Gasteiger partial charge in [0, 0.05) is 0 Å². The molecule has 0 atom stereocenters. The zero-order valence-electron chi connectivity index (χ0n) is 8.61. The quantitative estimate of drug-likeness (QED) is 0.469. The summed E-state index contributed by atoms with van der Waals surface area (Å²) in [5, 5.41) is 17.5. The van der Waals surface area contributed by atoms with Gasteiger partial charge in [-0.2, -0.15) is 0 Å². The van der Waals surface area contributed by atoms with Crippen molar-refractivity contribution in [2.75, 3.05) is 34.2 Å². The minimum absolute atomic E-state index is 0. The molecule has 7 nitrogen and oxygen atoms in total. The Hall–Kier alpha value is -1.18. The number of carboxylic acids is 2. The Morgan fingerprint density at radius 3 is 1.64 bits per heavy atom. The van der Waals surface area contributed by atoms with Gasteiger partial charge in [0.25, 0.3) is 0 Å². The maximum atomic E-state index is 9.89. The van der Waals surface area contributed by atoms with Gasteiger partial charge in [-0.3, -0.25) is 4.79 Å². The second-order valence-corrected chi connectivity index (χ2v) is 3.42. The van der Waals surface area contributed by atoms with Crippen molar-refractivity contribution in [2.45, 2.75) is 0 Å². The average molecular weight is 210 g/mol. The fourth-order valence-corrected chi connectivity index (χ4v) is 0.387. The number of quaternary nitrogens is 1. The number of hydrogen-bond donors (Lipinski definition) is 2. The lowest BCUT2D eigenvalue weighted by atomic mass is 10.5. The molecule has 5 N–H and O–H groups in total. The van der Waals surface area contributed by atoms with Gasteiger partial charge in [0.1, 0.15) is 6.54 Å². The fraction of sp³-hybridized carbons (Fsp3) is 0.714. The lowest BCUT2D eigenvalue weighted by Crippen LogP contribution is -2.45. The largest absolute Gasteiger partial charge is 0.544 e. The smallest absolute Gasteiger partial charge is 0.317 e. The Balaban J connectivity index is -0.000000177. The first-order valence-corrected chi connectivity index (χ1v) is 3.61. The van der Waals surface area contributed by atoms with Crippen LogP contribution >= 0.6 is 0 Å². The van der Waals surface area contributed by atoms with Crippen LogP contribution in [0.1, 0.15) is 0 Å². The highest BCUT2D eigenvalue weighted by Crippen LogP contribution is 1.84. The monoisotopic (exact) mass is 210 g/mol. The zero-order chi connectivity index (χ0) is 11.1. The molecule has 0 aromatic rings. The normalized spacial score (nSPS) is 9.14. The van der Waals surface area contributed by atoms with Crippen LogP contribution in [0.3, 0.4) is 0 Å². The van der Waals surface area contributed by atoms with E-state index in [1.807, 2.05) is 0 Å². The summed E-state index contributed by atoms with van der Waals surface area (Å²) in [6.07, 6.45) is 0. The Labute approximate surface area is 82.6 Å². The van der Waals surface area contributed by atoms with Crippen molar-refractivity contribution < 1.29 is 29.8 Å². The minimum Gasteiger partial charge on any atom is -0.544 e. The summed E-state index contributed by atoms with van der Waals surface area (Å²) in [6, 6.07) is 0. The average Bonchev–Trinajstić information content (AvgIpc) is 1.83. The van der Waals surface area contributed by atoms with Crippen LogP contribution in [0, 0.1) is 0 Å². The first-order valence-electron chi connectivity index (χ1n) is 3.61. The van der Waals surface area contributed by atoms with E-state index < -0.39 is 11.9 Å². The Morgan fingerprint density at radius 1 is 1.36 bits per heavy atom. The summed E-state index contributed by atoms with van der Waals surface area (Å²) in [4.78, 5) is 19.1. The summed E-state index contributed by atoms with van der Waals surface area (Å²) in [5.41, 5.74) is 4.57. The number of carbonyl (C=O) groups excluding carboxylic acids is 1. The van der Waals surface area contributed by atoms with E-state index in [1.165, 1.54) is 0 Å². The molecule has 0 aromatic heterocycles. The molecule has 0 aliphatic heterocycles. The highest BCUT2D eigenvalue weighted by molar-refractivity contribution is 5.68. The molecule has 7 heteroatoms. The van der Waals surface area contributed by atoms with Crippen molar-refractivity contribution in [3.63, 3.8) is 0 Å². The van der Waals surface area contributed by atoms with E-state index in [4.69, 9.17) is 5.11 Å². The molecule has 14 heavy (non-hydrogen) atoms. The maximum Gasteiger partial charge on any atom is 0.317 e. The molecule has 0 rings (SSSR count). The summed E-state index contributed by atoms with van der Waals surface area (Å²) in [5.74, 6) is -1.97. The summed E-state index contributed by atoms with van der Waals surface area (Å²) in [7, 11) is 5.40. The molecule has 0 spiro atoms. The molecule has 0 unspecified atom stereocenters. The van der Waals surface area contributed by atoms with Gasteiger partial charge >= 0.3 is 5.97 Å². The maximum absolute atomic E-state index is 9.89. The van der Waals surface area contributed by atoms with E-state index in [0.29, 0.717) is 4.48 Å². The van der Waals surface area contributed by atoms with Gasteiger partial charge in [0.2, 0.25) is 0 Å². The lowest BCUT2D eigenvalue weighted by Gasteiger charge is -2.23. The minimum atomic E-state index is -1.00. The molecular formula is C7H18N2O5. The van der Waals surface area contributed by atoms with Crippen LogP contribution in [-0.4, -0.2) is 61.2 Å². The number of hydrogen-bond acceptors (Lipinski definition) is 4. The SMILES string of the molecule is C[N+](C)(C)CC(=O)[O-].NCC(=O)O.O. The molecule has 0 heterocycles. The van der Waals surface area contributed by atoms with Gasteiger partial charge in [-0.25, -0.2) is 0 Å². The first-order chi connectivity index (χ1) is 5.69. The van der Waals surface area contributed by atoms with Crippen LogP contribution < -0.4 is 10.8 Å². The molecule has 0 aromatic carbocycles. The zero-order valence-corrected chi connectivity index (χ0v) is 8.61.